The van der Waals surface area contributed by atoms with Crippen LogP contribution in [0, 0.1) is 0 Å². The minimum atomic E-state index is 0.312. The van der Waals surface area contributed by atoms with Crippen LogP contribution in [0.15, 0.2) is 24.4 Å². The molecular formula is C16H21N3. The quantitative estimate of drug-likeness (QED) is 0.779. The predicted octanol–water partition coefficient (Wildman–Crippen LogP) is 1.85. The summed E-state index contributed by atoms with van der Waals surface area (Å²) >= 11 is 0. The van der Waals surface area contributed by atoms with Gasteiger partial charge in [0.25, 0.3) is 0 Å². The number of rotatable bonds is 0. The number of benzene rings is 1. The van der Waals surface area contributed by atoms with Gasteiger partial charge in [0.15, 0.2) is 0 Å². The molecule has 2 heterocycles. The second kappa shape index (κ2) is 3.84. The van der Waals surface area contributed by atoms with Crippen LogP contribution in [-0.4, -0.2) is 35.1 Å². The van der Waals surface area contributed by atoms with Crippen molar-refractivity contribution in [3.05, 3.63) is 35.5 Å². The summed E-state index contributed by atoms with van der Waals surface area (Å²) in [4.78, 5) is 2.47. The van der Waals surface area contributed by atoms with Gasteiger partial charge >= 0.3 is 0 Å². The van der Waals surface area contributed by atoms with Crippen LogP contribution >= 0.6 is 0 Å². The molecule has 2 aliphatic rings. The third kappa shape index (κ3) is 1.52. The molecule has 3 nitrogen and oxygen atoms in total. The summed E-state index contributed by atoms with van der Waals surface area (Å²) in [6, 6.07) is 7.68. The Morgan fingerprint density at radius 1 is 1.26 bits per heavy atom. The molecule has 3 atom stereocenters. The number of likely N-dealkylation sites (tertiary alicyclic amines) is 1. The second-order valence-electron chi connectivity index (χ2n) is 6.32. The number of hydrogen-bond donors (Lipinski definition) is 1. The van der Waals surface area contributed by atoms with Crippen LogP contribution in [0.4, 0.5) is 0 Å². The first-order valence-electron chi connectivity index (χ1n) is 7.18. The van der Waals surface area contributed by atoms with E-state index in [2.05, 4.69) is 48.0 Å². The summed E-state index contributed by atoms with van der Waals surface area (Å²) in [5.41, 5.74) is 10.6. The zero-order valence-corrected chi connectivity index (χ0v) is 11.6. The maximum absolute atomic E-state index is 6.24. The molecule has 0 bridgehead atoms. The summed E-state index contributed by atoms with van der Waals surface area (Å²) in [5, 5.41) is 1.49. The Morgan fingerprint density at radius 3 is 2.95 bits per heavy atom. The van der Waals surface area contributed by atoms with E-state index in [-0.39, 0.29) is 0 Å². The van der Waals surface area contributed by atoms with Crippen LogP contribution in [0.2, 0.25) is 0 Å². The Hall–Kier alpha value is -1.32. The standard InChI is InChI=1S/C16H21N3/c1-18-8-10-6-15-13(7-11(17)9-19(15)2)12-4-3-5-14(18)16(10)12/h3-5,8,11,13,15H,6-7,9,17H2,1-2H3/t11-,13?,15+/m0/s1. The molecule has 0 radical (unpaired) electrons. The Kier molecular flexibility index (Phi) is 2.32. The van der Waals surface area contributed by atoms with Gasteiger partial charge in [0.1, 0.15) is 0 Å². The van der Waals surface area contributed by atoms with Gasteiger partial charge < -0.3 is 15.2 Å². The van der Waals surface area contributed by atoms with Gasteiger partial charge in [0.05, 0.1) is 0 Å². The van der Waals surface area contributed by atoms with Crippen molar-refractivity contribution in [2.45, 2.75) is 30.8 Å². The first-order valence-corrected chi connectivity index (χ1v) is 7.18. The number of aromatic nitrogens is 1. The van der Waals surface area contributed by atoms with E-state index in [1.807, 2.05) is 0 Å². The van der Waals surface area contributed by atoms with Crippen molar-refractivity contribution in [2.75, 3.05) is 13.6 Å². The summed E-state index contributed by atoms with van der Waals surface area (Å²) in [7, 11) is 4.38. The zero-order valence-electron chi connectivity index (χ0n) is 11.6. The van der Waals surface area contributed by atoms with Gasteiger partial charge in [-0.15, -0.1) is 0 Å². The highest BCUT2D eigenvalue weighted by atomic mass is 15.2. The molecule has 0 amide bonds. The first kappa shape index (κ1) is 11.5. The monoisotopic (exact) mass is 255 g/mol. The lowest BCUT2D eigenvalue weighted by atomic mass is 9.74. The molecule has 1 aromatic heterocycles. The summed E-state index contributed by atoms with van der Waals surface area (Å²) in [5.74, 6) is 0.604. The molecule has 100 valence electrons. The first-order chi connectivity index (χ1) is 9.15. The molecule has 0 spiro atoms. The van der Waals surface area contributed by atoms with Crippen LogP contribution in [0.25, 0.3) is 10.9 Å². The van der Waals surface area contributed by atoms with Crippen molar-refractivity contribution in [3.8, 4) is 0 Å². The Morgan fingerprint density at radius 2 is 2.11 bits per heavy atom. The van der Waals surface area contributed by atoms with Crippen molar-refractivity contribution in [1.29, 1.82) is 0 Å². The van der Waals surface area contributed by atoms with Gasteiger partial charge in [-0.1, -0.05) is 12.1 Å². The van der Waals surface area contributed by atoms with Gasteiger partial charge in [0, 0.05) is 48.7 Å². The fourth-order valence-electron chi connectivity index (χ4n) is 4.26. The average Bonchev–Trinajstić information content (AvgIpc) is 2.70. The predicted molar refractivity (Wildman–Crippen MR) is 78.4 cm³/mol. The van der Waals surface area contributed by atoms with Crippen molar-refractivity contribution in [3.63, 3.8) is 0 Å². The second-order valence-corrected chi connectivity index (χ2v) is 6.32. The molecule has 1 aliphatic heterocycles. The topological polar surface area (TPSA) is 34.2 Å². The molecule has 4 rings (SSSR count). The molecule has 19 heavy (non-hydrogen) atoms. The van der Waals surface area contributed by atoms with E-state index in [1.165, 1.54) is 28.5 Å². The number of nitrogens with two attached hydrogens (primary N) is 1. The fourth-order valence-corrected chi connectivity index (χ4v) is 4.26. The zero-order chi connectivity index (χ0) is 13.1. The third-order valence-corrected chi connectivity index (χ3v) is 5.06. The minimum Gasteiger partial charge on any atom is -0.350 e. The highest BCUT2D eigenvalue weighted by Gasteiger charge is 2.38. The fraction of sp³-hybridized carbons (Fsp3) is 0.500. The molecule has 1 aliphatic carbocycles. The summed E-state index contributed by atoms with van der Waals surface area (Å²) in [6.45, 7) is 1.03. The van der Waals surface area contributed by atoms with Crippen LogP contribution < -0.4 is 5.73 Å². The van der Waals surface area contributed by atoms with Crippen LogP contribution in [0.5, 0.6) is 0 Å². The number of piperidine rings is 1. The average molecular weight is 255 g/mol. The normalized spacial score (nSPS) is 30.6. The lowest BCUT2D eigenvalue weighted by molar-refractivity contribution is 0.141. The lowest BCUT2D eigenvalue weighted by Crippen LogP contribution is -2.52. The molecule has 1 unspecified atom stereocenters. The molecule has 3 heteroatoms. The molecule has 1 saturated heterocycles. The molecule has 2 aromatic rings. The number of aryl methyl sites for hydroxylation is 1. The van der Waals surface area contributed by atoms with Gasteiger partial charge in [-0.2, -0.15) is 0 Å². The Labute approximate surface area is 114 Å². The highest BCUT2D eigenvalue weighted by Crippen LogP contribution is 2.43. The Balaban J connectivity index is 1.94. The van der Waals surface area contributed by atoms with Crippen molar-refractivity contribution < 1.29 is 0 Å². The maximum Gasteiger partial charge on any atom is 0.0483 e. The van der Waals surface area contributed by atoms with E-state index < -0.39 is 0 Å². The van der Waals surface area contributed by atoms with E-state index in [1.54, 1.807) is 0 Å². The van der Waals surface area contributed by atoms with Crippen molar-refractivity contribution >= 4 is 10.9 Å². The van der Waals surface area contributed by atoms with Crippen molar-refractivity contribution in [2.24, 2.45) is 12.8 Å². The van der Waals surface area contributed by atoms with Gasteiger partial charge in [-0.3, -0.25) is 0 Å². The smallest absolute Gasteiger partial charge is 0.0483 e. The summed E-state index contributed by atoms with van der Waals surface area (Å²) in [6.07, 6.45) is 4.61. The molecule has 2 N–H and O–H groups in total. The van der Waals surface area contributed by atoms with E-state index in [4.69, 9.17) is 5.73 Å². The van der Waals surface area contributed by atoms with Gasteiger partial charge in [-0.25, -0.2) is 0 Å². The number of hydrogen-bond acceptors (Lipinski definition) is 2. The minimum absolute atomic E-state index is 0.312. The third-order valence-electron chi connectivity index (χ3n) is 5.06. The largest absolute Gasteiger partial charge is 0.350 e. The van der Waals surface area contributed by atoms with Crippen LogP contribution in [0.1, 0.15) is 23.5 Å². The Bertz CT molecular complexity index is 643. The van der Waals surface area contributed by atoms with Crippen molar-refractivity contribution in [1.82, 2.24) is 9.47 Å². The van der Waals surface area contributed by atoms with E-state index in [0.717, 1.165) is 13.0 Å². The number of nitrogens with zero attached hydrogens (tertiary/aromatic N) is 2. The number of fused-ring (bicyclic) bond motifs is 2. The molecule has 0 saturated carbocycles. The van der Waals surface area contributed by atoms with Gasteiger partial charge in [0.2, 0.25) is 0 Å². The van der Waals surface area contributed by atoms with E-state index in [9.17, 15) is 0 Å². The molecule has 1 fully saturated rings. The molecule has 1 aromatic carbocycles. The van der Waals surface area contributed by atoms with Crippen LogP contribution in [-0.2, 0) is 13.5 Å². The highest BCUT2D eigenvalue weighted by molar-refractivity contribution is 5.89. The van der Waals surface area contributed by atoms with E-state index >= 15 is 0 Å². The maximum atomic E-state index is 6.24. The lowest BCUT2D eigenvalue weighted by Gasteiger charge is -2.44. The van der Waals surface area contributed by atoms with E-state index in [0.29, 0.717) is 18.0 Å². The van der Waals surface area contributed by atoms with Crippen LogP contribution in [0.3, 0.4) is 0 Å². The SMILES string of the molecule is CN1C[C@@H](N)CC2c3cccc4c3c(cn4C)C[C@H]21. The molecular weight excluding hydrogens is 234 g/mol. The number of likely N-dealkylation sites (N-methyl/N-ethyl adjacent to an activating group) is 1. The summed E-state index contributed by atoms with van der Waals surface area (Å²) < 4.78 is 2.27. The van der Waals surface area contributed by atoms with Gasteiger partial charge in [-0.05, 0) is 37.1 Å².